The van der Waals surface area contributed by atoms with Gasteiger partial charge in [-0.15, -0.1) is 0 Å². The van der Waals surface area contributed by atoms with Gasteiger partial charge in [-0.3, -0.25) is 4.79 Å². The maximum absolute atomic E-state index is 13.8. The first-order valence-electron chi connectivity index (χ1n) is 6.20. The van der Waals surface area contributed by atoms with E-state index in [-0.39, 0.29) is 11.7 Å². The molecule has 0 atom stereocenters. The lowest BCUT2D eigenvalue weighted by atomic mass is 9.83. The zero-order chi connectivity index (χ0) is 13.1. The summed E-state index contributed by atoms with van der Waals surface area (Å²) in [6, 6.07) is 2.11. The first-order valence-corrected chi connectivity index (χ1v) is 6.20. The first-order chi connectivity index (χ1) is 8.63. The van der Waals surface area contributed by atoms with Gasteiger partial charge in [-0.2, -0.15) is 0 Å². The lowest BCUT2D eigenvalue weighted by Gasteiger charge is -2.20. The van der Waals surface area contributed by atoms with E-state index in [0.29, 0.717) is 0 Å². The highest BCUT2D eigenvalue weighted by Gasteiger charge is 2.27. The van der Waals surface area contributed by atoms with E-state index in [1.165, 1.54) is 7.11 Å². The molecule has 0 unspecified atom stereocenters. The minimum Gasteiger partial charge on any atom is -0.497 e. The first kappa shape index (κ1) is 13.0. The van der Waals surface area contributed by atoms with E-state index < -0.39 is 23.0 Å². The second-order valence-electron chi connectivity index (χ2n) is 4.67. The molecule has 0 spiro atoms. The molecule has 1 aliphatic rings. The second kappa shape index (κ2) is 5.46. The van der Waals surface area contributed by atoms with Gasteiger partial charge in [0.05, 0.1) is 12.7 Å². The molecule has 0 heterocycles. The molecular weight excluding hydrogens is 238 g/mol. The highest BCUT2D eigenvalue weighted by molar-refractivity contribution is 5.98. The van der Waals surface area contributed by atoms with Gasteiger partial charge in [0.25, 0.3) is 0 Å². The molecule has 1 aromatic rings. The van der Waals surface area contributed by atoms with Crippen molar-refractivity contribution < 1.29 is 18.3 Å². The standard InChI is InChI=1S/C14H16F2O2/c1-18-10-7-11(15)13(12(16)8-10)14(17)9-5-3-2-4-6-9/h7-9H,2-6H2,1H3. The summed E-state index contributed by atoms with van der Waals surface area (Å²) in [5.41, 5.74) is -0.414. The second-order valence-corrected chi connectivity index (χ2v) is 4.67. The molecule has 1 aromatic carbocycles. The van der Waals surface area contributed by atoms with Crippen LogP contribution in [0, 0.1) is 17.6 Å². The third kappa shape index (κ3) is 2.52. The zero-order valence-corrected chi connectivity index (χ0v) is 10.3. The van der Waals surface area contributed by atoms with Crippen LogP contribution in [0.3, 0.4) is 0 Å². The van der Waals surface area contributed by atoms with Crippen LogP contribution in [-0.4, -0.2) is 12.9 Å². The fourth-order valence-corrected chi connectivity index (χ4v) is 2.47. The Kier molecular flexibility index (Phi) is 3.94. The number of carbonyl (C=O) groups excluding carboxylic acids is 1. The molecule has 4 heteroatoms. The topological polar surface area (TPSA) is 26.3 Å². The number of rotatable bonds is 3. The molecule has 0 N–H and O–H groups in total. The van der Waals surface area contributed by atoms with E-state index in [0.717, 1.165) is 44.2 Å². The molecule has 1 aliphatic carbocycles. The van der Waals surface area contributed by atoms with Crippen molar-refractivity contribution in [3.63, 3.8) is 0 Å². The SMILES string of the molecule is COc1cc(F)c(C(=O)C2CCCCC2)c(F)c1. The lowest BCUT2D eigenvalue weighted by Crippen LogP contribution is -2.20. The molecule has 18 heavy (non-hydrogen) atoms. The number of halogens is 2. The molecule has 0 amide bonds. The number of methoxy groups -OCH3 is 1. The van der Waals surface area contributed by atoms with Crippen LogP contribution < -0.4 is 4.74 Å². The Bertz CT molecular complexity index is 428. The maximum Gasteiger partial charge on any atom is 0.171 e. The summed E-state index contributed by atoms with van der Waals surface area (Å²) in [6.45, 7) is 0. The fourth-order valence-electron chi connectivity index (χ4n) is 2.47. The summed E-state index contributed by atoms with van der Waals surface area (Å²) in [7, 11) is 1.33. The van der Waals surface area contributed by atoms with E-state index >= 15 is 0 Å². The van der Waals surface area contributed by atoms with E-state index in [4.69, 9.17) is 4.74 Å². The number of ketones is 1. The molecule has 98 valence electrons. The number of hydrogen-bond acceptors (Lipinski definition) is 2. The highest BCUT2D eigenvalue weighted by Crippen LogP contribution is 2.30. The molecular formula is C14H16F2O2. The van der Waals surface area contributed by atoms with Gasteiger partial charge in [-0.1, -0.05) is 19.3 Å². The summed E-state index contributed by atoms with van der Waals surface area (Å²) in [5.74, 6) is -2.22. The van der Waals surface area contributed by atoms with E-state index in [9.17, 15) is 13.6 Å². The summed E-state index contributed by atoms with van der Waals surface area (Å²) >= 11 is 0. The van der Waals surface area contributed by atoms with Crippen molar-refractivity contribution in [3.05, 3.63) is 29.3 Å². The van der Waals surface area contributed by atoms with Crippen LogP contribution in [0.25, 0.3) is 0 Å². The van der Waals surface area contributed by atoms with Gasteiger partial charge < -0.3 is 4.74 Å². The van der Waals surface area contributed by atoms with E-state index in [1.54, 1.807) is 0 Å². The van der Waals surface area contributed by atoms with Gasteiger partial charge in [-0.25, -0.2) is 8.78 Å². The van der Waals surface area contributed by atoms with Crippen molar-refractivity contribution in [3.8, 4) is 5.75 Å². The van der Waals surface area contributed by atoms with Crippen LogP contribution in [0.15, 0.2) is 12.1 Å². The molecule has 0 radical (unpaired) electrons. The average molecular weight is 254 g/mol. The average Bonchev–Trinajstić information content (AvgIpc) is 2.38. The lowest BCUT2D eigenvalue weighted by molar-refractivity contribution is 0.0880. The van der Waals surface area contributed by atoms with Gasteiger partial charge in [0.2, 0.25) is 0 Å². The minimum absolute atomic E-state index is 0.0881. The van der Waals surface area contributed by atoms with Gasteiger partial charge >= 0.3 is 0 Å². The van der Waals surface area contributed by atoms with E-state index in [1.807, 2.05) is 0 Å². The van der Waals surface area contributed by atoms with Crippen molar-refractivity contribution in [2.24, 2.45) is 5.92 Å². The molecule has 0 aliphatic heterocycles. The van der Waals surface area contributed by atoms with Crippen LogP contribution in [-0.2, 0) is 0 Å². The molecule has 2 nitrogen and oxygen atoms in total. The van der Waals surface area contributed by atoms with Crippen LogP contribution >= 0.6 is 0 Å². The predicted molar refractivity (Wildman–Crippen MR) is 63.8 cm³/mol. The van der Waals surface area contributed by atoms with Crippen LogP contribution in [0.5, 0.6) is 5.75 Å². The third-order valence-electron chi connectivity index (χ3n) is 3.47. The zero-order valence-electron chi connectivity index (χ0n) is 10.3. The van der Waals surface area contributed by atoms with Crippen LogP contribution in [0.2, 0.25) is 0 Å². The van der Waals surface area contributed by atoms with Crippen molar-refractivity contribution in [2.45, 2.75) is 32.1 Å². The molecule has 2 rings (SSSR count). The Morgan fingerprint density at radius 2 is 1.72 bits per heavy atom. The summed E-state index contributed by atoms with van der Waals surface area (Å²) in [6.07, 6.45) is 4.45. The predicted octanol–water partition coefficient (Wildman–Crippen LogP) is 3.74. The van der Waals surface area contributed by atoms with E-state index in [2.05, 4.69) is 0 Å². The van der Waals surface area contributed by atoms with Crippen molar-refractivity contribution in [2.75, 3.05) is 7.11 Å². The van der Waals surface area contributed by atoms with Gasteiger partial charge in [0.1, 0.15) is 17.4 Å². The number of Topliss-reactive ketones (excluding diaryl/α,β-unsaturated/α-hetero) is 1. The summed E-state index contributed by atoms with van der Waals surface area (Å²) < 4.78 is 32.3. The Hall–Kier alpha value is -1.45. The number of hydrogen-bond donors (Lipinski definition) is 0. The number of benzene rings is 1. The van der Waals surface area contributed by atoms with Gasteiger partial charge in [0, 0.05) is 18.1 Å². The third-order valence-corrected chi connectivity index (χ3v) is 3.47. The highest BCUT2D eigenvalue weighted by atomic mass is 19.1. The van der Waals surface area contributed by atoms with Crippen molar-refractivity contribution in [1.29, 1.82) is 0 Å². The number of ether oxygens (including phenoxy) is 1. The van der Waals surface area contributed by atoms with Gasteiger partial charge in [-0.05, 0) is 12.8 Å². The molecule has 1 fully saturated rings. The molecule has 0 bridgehead atoms. The minimum atomic E-state index is -0.831. The van der Waals surface area contributed by atoms with Crippen LogP contribution in [0.4, 0.5) is 8.78 Å². The summed E-state index contributed by atoms with van der Waals surface area (Å²) in [4.78, 5) is 12.1. The van der Waals surface area contributed by atoms with Crippen LogP contribution in [0.1, 0.15) is 42.5 Å². The van der Waals surface area contributed by atoms with Crippen molar-refractivity contribution >= 4 is 5.78 Å². The van der Waals surface area contributed by atoms with Gasteiger partial charge in [0.15, 0.2) is 5.78 Å². The molecule has 0 aromatic heterocycles. The largest absolute Gasteiger partial charge is 0.497 e. The normalized spacial score (nSPS) is 16.6. The maximum atomic E-state index is 13.8. The Morgan fingerprint density at radius 1 is 1.17 bits per heavy atom. The molecule has 0 saturated heterocycles. The monoisotopic (exact) mass is 254 g/mol. The van der Waals surface area contributed by atoms with Crippen molar-refractivity contribution in [1.82, 2.24) is 0 Å². The smallest absolute Gasteiger partial charge is 0.171 e. The number of carbonyl (C=O) groups is 1. The Labute approximate surface area is 105 Å². The summed E-state index contributed by atoms with van der Waals surface area (Å²) in [5, 5.41) is 0. The Morgan fingerprint density at radius 3 is 2.22 bits per heavy atom. The Balaban J connectivity index is 2.29. The molecule has 1 saturated carbocycles. The fraction of sp³-hybridized carbons (Fsp3) is 0.500. The quantitative estimate of drug-likeness (QED) is 0.768.